The molecular weight excluding hydrogens is 282 g/mol. The van der Waals surface area contributed by atoms with Gasteiger partial charge in [-0.1, -0.05) is 58.8 Å². The van der Waals surface area contributed by atoms with Crippen LogP contribution >= 0.6 is 0 Å². The van der Waals surface area contributed by atoms with Gasteiger partial charge in [0.05, 0.1) is 0 Å². The van der Waals surface area contributed by atoms with Gasteiger partial charge in [0.1, 0.15) is 11.0 Å². The van der Waals surface area contributed by atoms with Crippen molar-refractivity contribution in [3.8, 4) is 6.07 Å². The lowest BCUT2D eigenvalue weighted by atomic mass is 10.00. The Morgan fingerprint density at radius 2 is 1.29 bits per heavy atom. The van der Waals surface area contributed by atoms with Crippen LogP contribution in [0.25, 0.3) is 0 Å². The van der Waals surface area contributed by atoms with E-state index in [1.165, 1.54) is 25.7 Å². The summed E-state index contributed by atoms with van der Waals surface area (Å²) in [6.07, 6.45) is 12.8. The van der Waals surface area contributed by atoms with Crippen LogP contribution in [0.5, 0.6) is 0 Å². The number of rotatable bonds is 12. The molecule has 0 bridgehead atoms. The molecule has 0 spiro atoms. The van der Waals surface area contributed by atoms with E-state index in [0.29, 0.717) is 0 Å². The number of hydrogen-bond acceptors (Lipinski definition) is 3. The second-order valence-corrected chi connectivity index (χ2v) is 7.74. The predicted molar refractivity (Wildman–Crippen MR) is 89.6 cm³/mol. The Morgan fingerprint density at radius 3 is 1.67 bits per heavy atom. The van der Waals surface area contributed by atoms with Crippen molar-refractivity contribution < 1.29 is 8.42 Å². The van der Waals surface area contributed by atoms with E-state index in [2.05, 4.69) is 13.8 Å². The smallest absolute Gasteiger partial charge is 0.185 e. The van der Waals surface area contributed by atoms with Crippen molar-refractivity contribution in [1.29, 1.82) is 5.26 Å². The maximum atomic E-state index is 11.7. The van der Waals surface area contributed by atoms with E-state index in [1.807, 2.05) is 6.07 Å². The van der Waals surface area contributed by atoms with Crippen LogP contribution in [-0.4, -0.2) is 14.7 Å². The molecule has 0 amide bonds. The van der Waals surface area contributed by atoms with Gasteiger partial charge in [0.15, 0.2) is 9.84 Å². The molecule has 21 heavy (non-hydrogen) atoms. The predicted octanol–water partition coefficient (Wildman–Crippen LogP) is 5.14. The standard InChI is InChI=1S/C17H31NO2S/c1-4-6-8-10-12-14-16(13-11-9-7-5-2)17(15-18)21(3,19)20/h4-14H2,1-3H3/b17-16-. The monoisotopic (exact) mass is 313 g/mol. The highest BCUT2D eigenvalue weighted by Gasteiger charge is 2.16. The quantitative estimate of drug-likeness (QED) is 0.370. The highest BCUT2D eigenvalue weighted by atomic mass is 32.2. The number of unbranched alkanes of at least 4 members (excludes halogenated alkanes) is 7. The topological polar surface area (TPSA) is 57.9 Å². The summed E-state index contributed by atoms with van der Waals surface area (Å²) < 4.78 is 23.5. The summed E-state index contributed by atoms with van der Waals surface area (Å²) in [7, 11) is -3.39. The lowest BCUT2D eigenvalue weighted by Gasteiger charge is -2.10. The summed E-state index contributed by atoms with van der Waals surface area (Å²) in [5.41, 5.74) is 0.854. The molecule has 0 aliphatic carbocycles. The molecule has 0 aliphatic rings. The summed E-state index contributed by atoms with van der Waals surface area (Å²) in [5.74, 6) is 0. The lowest BCUT2D eigenvalue weighted by molar-refractivity contribution is 0.599. The van der Waals surface area contributed by atoms with Gasteiger partial charge >= 0.3 is 0 Å². The minimum atomic E-state index is -3.39. The number of nitriles is 1. The van der Waals surface area contributed by atoms with E-state index < -0.39 is 9.84 Å². The molecular formula is C17H31NO2S. The zero-order valence-corrected chi connectivity index (χ0v) is 14.8. The number of allylic oxidation sites excluding steroid dienone is 2. The molecule has 0 saturated heterocycles. The number of nitrogens with zero attached hydrogens (tertiary/aromatic N) is 1. The van der Waals surface area contributed by atoms with Gasteiger partial charge in [-0.05, 0) is 31.3 Å². The van der Waals surface area contributed by atoms with Crippen molar-refractivity contribution in [3.05, 3.63) is 10.5 Å². The van der Waals surface area contributed by atoms with Gasteiger partial charge in [-0.3, -0.25) is 0 Å². The van der Waals surface area contributed by atoms with Crippen LogP contribution in [0.2, 0.25) is 0 Å². The second kappa shape index (κ2) is 11.8. The van der Waals surface area contributed by atoms with Crippen molar-refractivity contribution in [2.24, 2.45) is 0 Å². The SMILES string of the molecule is CCCCCCC/C(CCCCCC)=C(/C#N)S(C)(=O)=O. The van der Waals surface area contributed by atoms with E-state index in [4.69, 9.17) is 0 Å². The van der Waals surface area contributed by atoms with Crippen molar-refractivity contribution in [2.75, 3.05) is 6.26 Å². The molecule has 0 aromatic heterocycles. The molecule has 122 valence electrons. The molecule has 0 aliphatic heterocycles. The second-order valence-electron chi connectivity index (χ2n) is 5.79. The minimum absolute atomic E-state index is 0.0227. The maximum absolute atomic E-state index is 11.7. The van der Waals surface area contributed by atoms with Gasteiger partial charge in [-0.2, -0.15) is 5.26 Å². The average Bonchev–Trinajstić information content (AvgIpc) is 2.41. The van der Waals surface area contributed by atoms with Gasteiger partial charge in [0.25, 0.3) is 0 Å². The first-order valence-corrected chi connectivity index (χ1v) is 10.2. The summed E-state index contributed by atoms with van der Waals surface area (Å²) in [6, 6.07) is 1.93. The fraction of sp³-hybridized carbons (Fsp3) is 0.824. The minimum Gasteiger partial charge on any atom is -0.223 e. The summed E-state index contributed by atoms with van der Waals surface area (Å²) in [4.78, 5) is 0.0227. The molecule has 0 saturated carbocycles. The molecule has 0 atom stereocenters. The molecule has 0 unspecified atom stereocenters. The third-order valence-electron chi connectivity index (χ3n) is 3.71. The van der Waals surface area contributed by atoms with Gasteiger partial charge < -0.3 is 0 Å². The fourth-order valence-electron chi connectivity index (χ4n) is 2.48. The highest BCUT2D eigenvalue weighted by Crippen LogP contribution is 2.23. The van der Waals surface area contributed by atoms with Crippen molar-refractivity contribution in [2.45, 2.75) is 84.5 Å². The highest BCUT2D eigenvalue weighted by molar-refractivity contribution is 7.94. The Balaban J connectivity index is 4.69. The third-order valence-corrected chi connectivity index (χ3v) is 4.83. The van der Waals surface area contributed by atoms with E-state index >= 15 is 0 Å². The van der Waals surface area contributed by atoms with Crippen molar-refractivity contribution >= 4 is 9.84 Å². The van der Waals surface area contributed by atoms with Gasteiger partial charge in [0, 0.05) is 6.26 Å². The first-order valence-electron chi connectivity index (χ1n) is 8.29. The maximum Gasteiger partial charge on any atom is 0.185 e. The first-order chi connectivity index (χ1) is 9.97. The summed E-state index contributed by atoms with van der Waals surface area (Å²) in [6.45, 7) is 4.33. The van der Waals surface area contributed by atoms with Crippen LogP contribution < -0.4 is 0 Å². The van der Waals surface area contributed by atoms with E-state index in [1.54, 1.807) is 0 Å². The normalized spacial score (nSPS) is 12.9. The molecule has 0 radical (unpaired) electrons. The molecule has 0 fully saturated rings. The Morgan fingerprint density at radius 1 is 0.857 bits per heavy atom. The van der Waals surface area contributed by atoms with E-state index in [9.17, 15) is 13.7 Å². The Bertz CT molecular complexity index is 444. The Labute approximate surface area is 131 Å². The molecule has 0 rings (SSSR count). The fourth-order valence-corrected chi connectivity index (χ4v) is 3.38. The van der Waals surface area contributed by atoms with Crippen molar-refractivity contribution in [3.63, 3.8) is 0 Å². The lowest BCUT2D eigenvalue weighted by Crippen LogP contribution is -2.04. The zero-order valence-electron chi connectivity index (χ0n) is 14.0. The van der Waals surface area contributed by atoms with Crippen molar-refractivity contribution in [1.82, 2.24) is 0 Å². The Kier molecular flexibility index (Phi) is 11.3. The van der Waals surface area contributed by atoms with Crippen LogP contribution in [0.15, 0.2) is 10.5 Å². The van der Waals surface area contributed by atoms with Crippen LogP contribution in [0.3, 0.4) is 0 Å². The van der Waals surface area contributed by atoms with Crippen LogP contribution in [0.1, 0.15) is 84.5 Å². The average molecular weight is 314 g/mol. The van der Waals surface area contributed by atoms with Gasteiger partial charge in [0.2, 0.25) is 0 Å². The van der Waals surface area contributed by atoms with E-state index in [-0.39, 0.29) is 4.91 Å². The third kappa shape index (κ3) is 9.68. The van der Waals surface area contributed by atoms with Gasteiger partial charge in [-0.15, -0.1) is 0 Å². The van der Waals surface area contributed by atoms with Crippen LogP contribution in [0, 0.1) is 11.3 Å². The molecule has 3 nitrogen and oxygen atoms in total. The number of sulfone groups is 1. The van der Waals surface area contributed by atoms with Crippen LogP contribution in [-0.2, 0) is 9.84 Å². The van der Waals surface area contributed by atoms with E-state index in [0.717, 1.165) is 56.8 Å². The molecule has 0 N–H and O–H groups in total. The van der Waals surface area contributed by atoms with Gasteiger partial charge in [-0.25, -0.2) is 8.42 Å². The zero-order chi connectivity index (χ0) is 16.1. The number of hydrogen-bond donors (Lipinski definition) is 0. The molecule has 4 heteroatoms. The molecule has 0 aromatic rings. The first kappa shape index (κ1) is 20.2. The molecule has 0 aromatic carbocycles. The van der Waals surface area contributed by atoms with Crippen LogP contribution in [0.4, 0.5) is 0 Å². The summed E-state index contributed by atoms with van der Waals surface area (Å²) >= 11 is 0. The summed E-state index contributed by atoms with van der Waals surface area (Å²) in [5, 5.41) is 9.19. The Hall–Kier alpha value is -0.820. The largest absolute Gasteiger partial charge is 0.223 e. The molecule has 0 heterocycles.